The molecule has 0 saturated heterocycles. The van der Waals surface area contributed by atoms with E-state index < -0.39 is 11.9 Å². The van der Waals surface area contributed by atoms with Gasteiger partial charge in [-0.3, -0.25) is 9.59 Å². The smallest absolute Gasteiger partial charge is 0.291 e. The van der Waals surface area contributed by atoms with Crippen molar-refractivity contribution in [3.8, 4) is 11.5 Å². The quantitative estimate of drug-likeness (QED) is 0.472. The van der Waals surface area contributed by atoms with Gasteiger partial charge < -0.3 is 23.6 Å². The van der Waals surface area contributed by atoms with Crippen LogP contribution in [0, 0.1) is 13.8 Å². The van der Waals surface area contributed by atoms with E-state index >= 15 is 0 Å². The summed E-state index contributed by atoms with van der Waals surface area (Å²) < 4.78 is 17.1. The van der Waals surface area contributed by atoms with Crippen molar-refractivity contribution < 1.29 is 23.5 Å². The molecule has 1 aliphatic rings. The molecule has 0 aliphatic carbocycles. The Kier molecular flexibility index (Phi) is 4.96. The number of ether oxygens (including phenoxy) is 1. The number of hydrogen-bond donors (Lipinski definition) is 1. The van der Waals surface area contributed by atoms with Crippen LogP contribution in [0.3, 0.4) is 0 Å². The van der Waals surface area contributed by atoms with Crippen molar-refractivity contribution in [2.75, 3.05) is 6.61 Å². The summed E-state index contributed by atoms with van der Waals surface area (Å²) in [7, 11) is 0. The van der Waals surface area contributed by atoms with Gasteiger partial charge in [-0.15, -0.1) is 0 Å². The maximum atomic E-state index is 13.7. The van der Waals surface area contributed by atoms with E-state index in [0.29, 0.717) is 28.9 Å². The number of aryl methyl sites for hydroxylation is 2. The summed E-state index contributed by atoms with van der Waals surface area (Å²) in [6.45, 7) is 6.10. The number of nitrogens with zero attached hydrogens (tertiary/aromatic N) is 1. The minimum absolute atomic E-state index is 0.0143. The van der Waals surface area contributed by atoms with Gasteiger partial charge in [-0.25, -0.2) is 0 Å². The van der Waals surface area contributed by atoms with Gasteiger partial charge in [-0.1, -0.05) is 12.1 Å². The Bertz CT molecular complexity index is 1430. The number of fused-ring (bicyclic) bond motifs is 2. The largest absolute Gasteiger partial charge is 0.504 e. The molecule has 0 spiro atoms. The van der Waals surface area contributed by atoms with Crippen molar-refractivity contribution in [3.05, 3.63) is 92.7 Å². The Balaban J connectivity index is 1.76. The van der Waals surface area contributed by atoms with Gasteiger partial charge in [0.05, 0.1) is 36.4 Å². The summed E-state index contributed by atoms with van der Waals surface area (Å²) in [5.41, 5.74) is 2.80. The number of furan rings is 1. The molecular formula is C26H23NO6. The van der Waals surface area contributed by atoms with Gasteiger partial charge in [-0.2, -0.15) is 0 Å². The molecule has 2 aromatic carbocycles. The second-order valence-electron chi connectivity index (χ2n) is 8.21. The first-order valence-electron chi connectivity index (χ1n) is 10.8. The fourth-order valence-corrected chi connectivity index (χ4v) is 4.53. The molecule has 7 nitrogen and oxygen atoms in total. The third kappa shape index (κ3) is 3.36. The molecule has 1 amide bonds. The number of carbonyl (C=O) groups is 1. The van der Waals surface area contributed by atoms with Crippen LogP contribution >= 0.6 is 0 Å². The van der Waals surface area contributed by atoms with Crippen LogP contribution in [0.5, 0.6) is 11.5 Å². The fraction of sp³-hybridized carbons (Fsp3) is 0.231. The van der Waals surface area contributed by atoms with Crippen LogP contribution in [0.25, 0.3) is 11.0 Å². The standard InChI is InChI=1S/C26H23NO6/c1-4-31-20-12-16(7-8-19(20)28)22-21-23(29)18-11-14(2)10-15(3)24(18)33-25(21)26(30)27(22)13-17-6-5-9-32-17/h5-12,22,28H,4,13H2,1-3H3. The summed E-state index contributed by atoms with van der Waals surface area (Å²) >= 11 is 0. The predicted octanol–water partition coefficient (Wildman–Crippen LogP) is 4.85. The molecule has 5 rings (SSSR count). The van der Waals surface area contributed by atoms with Crippen molar-refractivity contribution in [2.24, 2.45) is 0 Å². The Labute approximate surface area is 189 Å². The molecule has 0 bridgehead atoms. The topological polar surface area (TPSA) is 93.1 Å². The van der Waals surface area contributed by atoms with Crippen molar-refractivity contribution in [1.29, 1.82) is 0 Å². The second kappa shape index (κ2) is 7.85. The first-order valence-corrected chi connectivity index (χ1v) is 10.8. The molecular weight excluding hydrogens is 422 g/mol. The van der Waals surface area contributed by atoms with Gasteiger partial charge in [0.1, 0.15) is 11.3 Å². The van der Waals surface area contributed by atoms with E-state index in [1.807, 2.05) is 26.8 Å². The molecule has 4 aromatic rings. The van der Waals surface area contributed by atoms with Crippen LogP contribution in [-0.2, 0) is 6.54 Å². The van der Waals surface area contributed by atoms with Crippen molar-refractivity contribution in [3.63, 3.8) is 0 Å². The average Bonchev–Trinajstić information content (AvgIpc) is 3.39. The van der Waals surface area contributed by atoms with E-state index in [2.05, 4.69) is 0 Å². The number of phenolic OH excluding ortho intramolecular Hbond substituents is 1. The summed E-state index contributed by atoms with van der Waals surface area (Å²) in [5.74, 6) is 0.484. The van der Waals surface area contributed by atoms with E-state index in [-0.39, 0.29) is 34.8 Å². The van der Waals surface area contributed by atoms with Crippen LogP contribution in [-0.4, -0.2) is 22.5 Å². The van der Waals surface area contributed by atoms with E-state index in [4.69, 9.17) is 13.6 Å². The molecule has 0 radical (unpaired) electrons. The van der Waals surface area contributed by atoms with Gasteiger partial charge in [0.2, 0.25) is 5.76 Å². The highest BCUT2D eigenvalue weighted by atomic mass is 16.5. The molecule has 1 atom stereocenters. The monoisotopic (exact) mass is 445 g/mol. The maximum Gasteiger partial charge on any atom is 0.291 e. The lowest BCUT2D eigenvalue weighted by atomic mass is 9.97. The molecule has 7 heteroatoms. The van der Waals surface area contributed by atoms with Crippen LogP contribution in [0.4, 0.5) is 0 Å². The number of amides is 1. The third-order valence-electron chi connectivity index (χ3n) is 5.90. The first kappa shape index (κ1) is 20.9. The number of rotatable bonds is 5. The molecule has 1 unspecified atom stereocenters. The molecule has 1 aliphatic heterocycles. The number of hydrogen-bond acceptors (Lipinski definition) is 6. The zero-order chi connectivity index (χ0) is 23.3. The zero-order valence-electron chi connectivity index (χ0n) is 18.5. The Morgan fingerprint density at radius 2 is 1.94 bits per heavy atom. The van der Waals surface area contributed by atoms with Crippen LogP contribution in [0.1, 0.15) is 51.5 Å². The van der Waals surface area contributed by atoms with Gasteiger partial charge in [0.25, 0.3) is 5.91 Å². The molecule has 1 N–H and O–H groups in total. The predicted molar refractivity (Wildman–Crippen MR) is 122 cm³/mol. The highest BCUT2D eigenvalue weighted by Crippen LogP contribution is 2.41. The van der Waals surface area contributed by atoms with Gasteiger partial charge in [0, 0.05) is 0 Å². The lowest BCUT2D eigenvalue weighted by molar-refractivity contribution is 0.0701. The first-order chi connectivity index (χ1) is 15.9. The van der Waals surface area contributed by atoms with Crippen molar-refractivity contribution in [1.82, 2.24) is 4.90 Å². The SMILES string of the molecule is CCOc1cc(C2c3c(oc4c(C)cc(C)cc4c3=O)C(=O)N2Cc2ccco2)ccc1O. The lowest BCUT2D eigenvalue weighted by Gasteiger charge is -2.24. The van der Waals surface area contributed by atoms with Crippen LogP contribution in [0.2, 0.25) is 0 Å². The molecule has 3 heterocycles. The third-order valence-corrected chi connectivity index (χ3v) is 5.90. The summed E-state index contributed by atoms with van der Waals surface area (Å²) in [6.07, 6.45) is 1.54. The minimum Gasteiger partial charge on any atom is -0.504 e. The van der Waals surface area contributed by atoms with E-state index in [1.54, 1.807) is 35.2 Å². The van der Waals surface area contributed by atoms with Crippen LogP contribution < -0.4 is 10.2 Å². The van der Waals surface area contributed by atoms with Crippen LogP contribution in [0.15, 0.2) is 62.4 Å². The number of benzene rings is 2. The molecule has 168 valence electrons. The van der Waals surface area contributed by atoms with E-state index in [1.165, 1.54) is 12.3 Å². The van der Waals surface area contributed by atoms with E-state index in [9.17, 15) is 14.7 Å². The highest BCUT2D eigenvalue weighted by Gasteiger charge is 2.43. The molecule has 2 aromatic heterocycles. The minimum atomic E-state index is -0.723. The number of carbonyl (C=O) groups excluding carboxylic acids is 1. The van der Waals surface area contributed by atoms with E-state index in [0.717, 1.165) is 11.1 Å². The lowest BCUT2D eigenvalue weighted by Crippen LogP contribution is -2.29. The average molecular weight is 445 g/mol. The Morgan fingerprint density at radius 3 is 2.67 bits per heavy atom. The number of phenols is 1. The maximum absolute atomic E-state index is 13.7. The highest BCUT2D eigenvalue weighted by molar-refractivity contribution is 5.99. The fourth-order valence-electron chi connectivity index (χ4n) is 4.53. The zero-order valence-corrected chi connectivity index (χ0v) is 18.5. The van der Waals surface area contributed by atoms with Gasteiger partial charge in [0.15, 0.2) is 16.9 Å². The molecule has 0 saturated carbocycles. The molecule has 0 fully saturated rings. The van der Waals surface area contributed by atoms with Gasteiger partial charge >= 0.3 is 0 Å². The van der Waals surface area contributed by atoms with Gasteiger partial charge in [-0.05, 0) is 67.8 Å². The Hall–Kier alpha value is -4.00. The second-order valence-corrected chi connectivity index (χ2v) is 8.21. The van der Waals surface area contributed by atoms with Crippen molar-refractivity contribution in [2.45, 2.75) is 33.4 Å². The summed E-state index contributed by atoms with van der Waals surface area (Å²) in [6, 6.07) is 11.4. The van der Waals surface area contributed by atoms with Crippen molar-refractivity contribution >= 4 is 16.9 Å². The Morgan fingerprint density at radius 1 is 1.12 bits per heavy atom. The summed E-state index contributed by atoms with van der Waals surface area (Å²) in [5, 5.41) is 10.6. The number of aromatic hydroxyl groups is 1. The normalized spacial score (nSPS) is 15.3. The molecule has 33 heavy (non-hydrogen) atoms. The summed E-state index contributed by atoms with van der Waals surface area (Å²) in [4.78, 5) is 28.8.